The maximum atomic E-state index is 9.48. The summed E-state index contributed by atoms with van der Waals surface area (Å²) in [5.74, 6) is 6.73. The molecule has 1 heteroatoms. The lowest BCUT2D eigenvalue weighted by Gasteiger charge is -2.58. The van der Waals surface area contributed by atoms with Crippen LogP contribution in [0.4, 0.5) is 0 Å². The number of aliphatic hydroxyl groups excluding tert-OH is 1. The topological polar surface area (TPSA) is 20.2 Å². The minimum absolute atomic E-state index is 0.356. The Kier molecular flexibility index (Phi) is 7.04. The van der Waals surface area contributed by atoms with Gasteiger partial charge < -0.3 is 5.11 Å². The molecule has 0 aromatic rings. The van der Waals surface area contributed by atoms with Crippen molar-refractivity contribution in [2.45, 2.75) is 112 Å². The number of aliphatic hydroxyl groups is 1. The third-order valence-electron chi connectivity index (χ3n) is 11.6. The first-order valence-electron chi connectivity index (χ1n) is 14.0. The smallest absolute Gasteiger partial charge is 0.0433 e. The van der Waals surface area contributed by atoms with Crippen LogP contribution in [0, 0.1) is 58.2 Å². The molecule has 1 N–H and O–H groups in total. The summed E-state index contributed by atoms with van der Waals surface area (Å²) in [5.41, 5.74) is 3.05. The van der Waals surface area contributed by atoms with Gasteiger partial charge in [-0.3, -0.25) is 0 Å². The fourth-order valence-corrected chi connectivity index (χ4v) is 9.66. The van der Waals surface area contributed by atoms with Gasteiger partial charge in [0.05, 0.1) is 0 Å². The standard InChI is InChI=1S/C30H52O/c1-20(2)23(16-19-31)10-9-22(4)26-13-14-27-24-11-12-25-21(3)8-7-17-29(25,5)28(24)15-18-30(26,27)6/h11,20-23,25-28,31H,7-10,12-19H2,1-6H3/t21-,22-,23+,25?,26-,27+,28+,29+,30-/m1/s1. The van der Waals surface area contributed by atoms with E-state index in [4.69, 9.17) is 0 Å². The van der Waals surface area contributed by atoms with Crippen LogP contribution in [-0.4, -0.2) is 11.7 Å². The van der Waals surface area contributed by atoms with Crippen LogP contribution in [0.3, 0.4) is 0 Å². The third kappa shape index (κ3) is 4.08. The van der Waals surface area contributed by atoms with Crippen molar-refractivity contribution in [1.29, 1.82) is 0 Å². The molecule has 3 fully saturated rings. The summed E-state index contributed by atoms with van der Waals surface area (Å²) in [6.07, 6.45) is 18.0. The van der Waals surface area contributed by atoms with E-state index >= 15 is 0 Å². The summed E-state index contributed by atoms with van der Waals surface area (Å²) in [6, 6.07) is 0. The van der Waals surface area contributed by atoms with Gasteiger partial charge in [0.15, 0.2) is 0 Å². The van der Waals surface area contributed by atoms with Crippen LogP contribution >= 0.6 is 0 Å². The van der Waals surface area contributed by atoms with E-state index in [0.717, 1.165) is 41.9 Å². The van der Waals surface area contributed by atoms with Crippen LogP contribution in [0.5, 0.6) is 0 Å². The van der Waals surface area contributed by atoms with E-state index in [0.29, 0.717) is 29.3 Å². The van der Waals surface area contributed by atoms with Crippen LogP contribution in [0.2, 0.25) is 0 Å². The van der Waals surface area contributed by atoms with Gasteiger partial charge in [-0.05, 0) is 110 Å². The fourth-order valence-electron chi connectivity index (χ4n) is 9.66. The van der Waals surface area contributed by atoms with Gasteiger partial charge in [-0.25, -0.2) is 0 Å². The Morgan fingerprint density at radius 3 is 2.39 bits per heavy atom. The van der Waals surface area contributed by atoms with Crippen LogP contribution in [0.1, 0.15) is 112 Å². The van der Waals surface area contributed by atoms with Crippen molar-refractivity contribution in [2.75, 3.05) is 6.61 Å². The van der Waals surface area contributed by atoms with Crippen LogP contribution in [-0.2, 0) is 0 Å². The molecule has 9 atom stereocenters. The zero-order valence-electron chi connectivity index (χ0n) is 21.6. The summed E-state index contributed by atoms with van der Waals surface area (Å²) < 4.78 is 0. The maximum Gasteiger partial charge on any atom is 0.0433 e. The van der Waals surface area contributed by atoms with E-state index in [9.17, 15) is 5.11 Å². The molecule has 178 valence electrons. The Balaban J connectivity index is 1.48. The lowest BCUT2D eigenvalue weighted by molar-refractivity contribution is -0.0288. The molecule has 0 aromatic heterocycles. The Hall–Kier alpha value is -0.300. The summed E-state index contributed by atoms with van der Waals surface area (Å²) in [4.78, 5) is 0. The second-order valence-corrected chi connectivity index (χ2v) is 13.3. The largest absolute Gasteiger partial charge is 0.396 e. The van der Waals surface area contributed by atoms with Gasteiger partial charge in [0.25, 0.3) is 0 Å². The minimum atomic E-state index is 0.356. The van der Waals surface area contributed by atoms with Crippen LogP contribution in [0.15, 0.2) is 11.6 Å². The van der Waals surface area contributed by atoms with Crippen molar-refractivity contribution in [3.05, 3.63) is 11.6 Å². The predicted molar refractivity (Wildman–Crippen MR) is 133 cm³/mol. The van der Waals surface area contributed by atoms with Crippen molar-refractivity contribution < 1.29 is 5.11 Å². The summed E-state index contributed by atoms with van der Waals surface area (Å²) >= 11 is 0. The van der Waals surface area contributed by atoms with Gasteiger partial charge in [-0.2, -0.15) is 0 Å². The molecule has 0 amide bonds. The quantitative estimate of drug-likeness (QED) is 0.404. The predicted octanol–water partition coefficient (Wildman–Crippen LogP) is 8.27. The molecule has 0 aromatic carbocycles. The summed E-state index contributed by atoms with van der Waals surface area (Å²) in [7, 11) is 0. The molecule has 0 spiro atoms. The highest BCUT2D eigenvalue weighted by atomic mass is 16.3. The summed E-state index contributed by atoms with van der Waals surface area (Å²) in [6.45, 7) is 15.5. The average molecular weight is 429 g/mol. The number of hydrogen-bond acceptors (Lipinski definition) is 1. The second-order valence-electron chi connectivity index (χ2n) is 13.3. The highest BCUT2D eigenvalue weighted by molar-refractivity contribution is 5.27. The molecule has 0 aliphatic heterocycles. The Labute approximate surface area is 193 Å². The maximum absolute atomic E-state index is 9.48. The molecular formula is C30H52O. The van der Waals surface area contributed by atoms with Gasteiger partial charge in [0.2, 0.25) is 0 Å². The van der Waals surface area contributed by atoms with Crippen molar-refractivity contribution >= 4 is 0 Å². The third-order valence-corrected chi connectivity index (χ3v) is 11.6. The Morgan fingerprint density at radius 1 is 0.935 bits per heavy atom. The van der Waals surface area contributed by atoms with E-state index in [1.54, 1.807) is 0 Å². The van der Waals surface area contributed by atoms with E-state index in [1.165, 1.54) is 64.2 Å². The van der Waals surface area contributed by atoms with Crippen LogP contribution in [0.25, 0.3) is 0 Å². The van der Waals surface area contributed by atoms with E-state index in [2.05, 4.69) is 47.6 Å². The fraction of sp³-hybridized carbons (Fsp3) is 0.933. The lowest BCUT2D eigenvalue weighted by Crippen LogP contribution is -2.50. The molecule has 4 aliphatic rings. The molecule has 1 nitrogen and oxygen atoms in total. The lowest BCUT2D eigenvalue weighted by atomic mass is 9.46. The number of rotatable bonds is 7. The Bertz CT molecular complexity index is 649. The zero-order chi connectivity index (χ0) is 22.4. The van der Waals surface area contributed by atoms with Crippen molar-refractivity contribution in [3.63, 3.8) is 0 Å². The normalized spacial score (nSPS) is 44.3. The monoisotopic (exact) mass is 428 g/mol. The van der Waals surface area contributed by atoms with Gasteiger partial charge in [0.1, 0.15) is 0 Å². The molecule has 0 saturated heterocycles. The highest BCUT2D eigenvalue weighted by Crippen LogP contribution is 2.67. The first-order chi connectivity index (χ1) is 14.7. The first kappa shape index (κ1) is 23.8. The SMILES string of the molecule is CC(C)[C@H](CCO)CC[C@@H](C)[C@H]1CC[C@H]2C3=CCC4[C@H](C)CCC[C@]4(C)[C@H]3CC[C@]12C. The molecule has 0 radical (unpaired) electrons. The van der Waals surface area contributed by atoms with Gasteiger partial charge >= 0.3 is 0 Å². The molecule has 31 heavy (non-hydrogen) atoms. The molecule has 0 heterocycles. The highest BCUT2D eigenvalue weighted by Gasteiger charge is 2.58. The van der Waals surface area contributed by atoms with Crippen molar-refractivity contribution in [2.24, 2.45) is 58.2 Å². The number of fused-ring (bicyclic) bond motifs is 5. The minimum Gasteiger partial charge on any atom is -0.396 e. The molecule has 3 saturated carbocycles. The van der Waals surface area contributed by atoms with Crippen molar-refractivity contribution in [3.8, 4) is 0 Å². The zero-order valence-corrected chi connectivity index (χ0v) is 21.6. The van der Waals surface area contributed by atoms with Gasteiger partial charge in [-0.1, -0.05) is 72.5 Å². The van der Waals surface area contributed by atoms with E-state index < -0.39 is 0 Å². The molecule has 4 aliphatic carbocycles. The summed E-state index contributed by atoms with van der Waals surface area (Å²) in [5, 5.41) is 9.48. The van der Waals surface area contributed by atoms with Crippen molar-refractivity contribution in [1.82, 2.24) is 0 Å². The molecule has 0 bridgehead atoms. The van der Waals surface area contributed by atoms with E-state index in [1.807, 2.05) is 5.57 Å². The number of allylic oxidation sites excluding steroid dienone is 2. The van der Waals surface area contributed by atoms with Gasteiger partial charge in [-0.15, -0.1) is 0 Å². The average Bonchev–Trinajstić information content (AvgIpc) is 3.08. The molecule has 4 rings (SSSR count). The molecular weight excluding hydrogens is 376 g/mol. The van der Waals surface area contributed by atoms with E-state index in [-0.39, 0.29) is 0 Å². The van der Waals surface area contributed by atoms with Gasteiger partial charge in [0, 0.05) is 6.61 Å². The first-order valence-corrected chi connectivity index (χ1v) is 14.0. The number of hydrogen-bond donors (Lipinski definition) is 1. The molecule has 1 unspecified atom stereocenters. The Morgan fingerprint density at radius 2 is 1.68 bits per heavy atom. The van der Waals surface area contributed by atoms with Crippen LogP contribution < -0.4 is 0 Å². The second kappa shape index (κ2) is 9.15.